The van der Waals surface area contributed by atoms with Gasteiger partial charge in [-0.2, -0.15) is 0 Å². The van der Waals surface area contributed by atoms with E-state index in [1.807, 2.05) is 0 Å². The third-order valence-electron chi connectivity index (χ3n) is 11.2. The highest BCUT2D eigenvalue weighted by Crippen LogP contribution is 2.41. The average molecular weight is 714 g/mol. The minimum absolute atomic E-state index is 0.937. The molecule has 0 N–H and O–H groups in total. The molecule has 0 saturated heterocycles. The van der Waals surface area contributed by atoms with Crippen molar-refractivity contribution < 1.29 is 4.42 Å². The maximum absolute atomic E-state index is 6.33. The summed E-state index contributed by atoms with van der Waals surface area (Å²) < 4.78 is 6.33. The zero-order valence-corrected chi connectivity index (χ0v) is 30.6. The number of rotatable bonds is 7. The summed E-state index contributed by atoms with van der Waals surface area (Å²) in [5.41, 5.74) is 14.7. The molecule has 2 nitrogen and oxygen atoms in total. The van der Waals surface area contributed by atoms with E-state index < -0.39 is 0 Å². The summed E-state index contributed by atoms with van der Waals surface area (Å²) in [5.74, 6) is 0. The predicted octanol–water partition coefficient (Wildman–Crippen LogP) is 15.5. The lowest BCUT2D eigenvalue weighted by atomic mass is 9.96. The van der Waals surface area contributed by atoms with E-state index in [9.17, 15) is 0 Å². The van der Waals surface area contributed by atoms with Gasteiger partial charge < -0.3 is 9.32 Å². The fraction of sp³-hybridized carbons (Fsp3) is 0. The summed E-state index contributed by atoms with van der Waals surface area (Å²) in [6, 6.07) is 76.4. The molecule has 0 spiro atoms. The van der Waals surface area contributed by atoms with E-state index in [1.54, 1.807) is 0 Å². The van der Waals surface area contributed by atoms with Crippen LogP contribution in [0.4, 0.5) is 17.1 Å². The summed E-state index contributed by atoms with van der Waals surface area (Å²) in [7, 11) is 0. The van der Waals surface area contributed by atoms with Gasteiger partial charge in [0.1, 0.15) is 11.2 Å². The first-order valence-electron chi connectivity index (χ1n) is 19.2. The minimum atomic E-state index is 0.937. The summed E-state index contributed by atoms with van der Waals surface area (Å²) >= 11 is 0. The van der Waals surface area contributed by atoms with Crippen LogP contribution >= 0.6 is 0 Å². The number of nitrogens with zero attached hydrogens (tertiary/aromatic N) is 1. The van der Waals surface area contributed by atoms with Gasteiger partial charge in [0.25, 0.3) is 0 Å². The maximum atomic E-state index is 6.33. The quantitative estimate of drug-likeness (QED) is 0.153. The van der Waals surface area contributed by atoms with Crippen molar-refractivity contribution in [1.82, 2.24) is 0 Å². The summed E-state index contributed by atoms with van der Waals surface area (Å²) in [4.78, 5) is 2.34. The van der Waals surface area contributed by atoms with E-state index in [1.165, 1.54) is 71.3 Å². The lowest BCUT2D eigenvalue weighted by molar-refractivity contribution is 0.669. The van der Waals surface area contributed by atoms with Gasteiger partial charge in [-0.1, -0.05) is 158 Å². The van der Waals surface area contributed by atoms with Crippen molar-refractivity contribution in [2.75, 3.05) is 4.90 Å². The van der Waals surface area contributed by atoms with E-state index in [0.29, 0.717) is 0 Å². The highest BCUT2D eigenvalue weighted by molar-refractivity contribution is 6.22. The lowest BCUT2D eigenvalue weighted by Gasteiger charge is -2.26. The van der Waals surface area contributed by atoms with Crippen molar-refractivity contribution in [3.05, 3.63) is 212 Å². The molecule has 10 aromatic carbocycles. The summed E-state index contributed by atoms with van der Waals surface area (Å²) in [6.45, 7) is 0. The number of anilines is 3. The Morgan fingerprint density at radius 3 is 1.45 bits per heavy atom. The van der Waals surface area contributed by atoms with E-state index in [2.05, 4.69) is 217 Å². The first kappa shape index (κ1) is 32.0. The van der Waals surface area contributed by atoms with Gasteiger partial charge >= 0.3 is 0 Å². The first-order valence-corrected chi connectivity index (χ1v) is 19.2. The van der Waals surface area contributed by atoms with Crippen molar-refractivity contribution in [3.8, 4) is 44.5 Å². The second-order valence-corrected chi connectivity index (χ2v) is 14.5. The fourth-order valence-electron chi connectivity index (χ4n) is 8.43. The number of benzene rings is 10. The molecule has 262 valence electrons. The Balaban J connectivity index is 0.923. The van der Waals surface area contributed by atoms with Crippen LogP contribution in [0.25, 0.3) is 88.0 Å². The van der Waals surface area contributed by atoms with E-state index in [4.69, 9.17) is 4.42 Å². The molecule has 2 heteroatoms. The van der Waals surface area contributed by atoms with Gasteiger partial charge in [0.2, 0.25) is 0 Å². The van der Waals surface area contributed by atoms with Crippen LogP contribution in [0, 0.1) is 0 Å². The van der Waals surface area contributed by atoms with Gasteiger partial charge in [-0.3, -0.25) is 0 Å². The molecule has 0 radical (unpaired) electrons. The highest BCUT2D eigenvalue weighted by Gasteiger charge is 2.16. The smallest absolute Gasteiger partial charge is 0.136 e. The second kappa shape index (κ2) is 13.2. The van der Waals surface area contributed by atoms with Gasteiger partial charge in [-0.05, 0) is 121 Å². The molecule has 11 aromatic rings. The fourth-order valence-corrected chi connectivity index (χ4v) is 8.43. The number of fused-ring (bicyclic) bond motifs is 1. The second-order valence-electron chi connectivity index (χ2n) is 14.5. The molecule has 1 heterocycles. The van der Waals surface area contributed by atoms with Crippen LogP contribution < -0.4 is 4.90 Å². The van der Waals surface area contributed by atoms with E-state index in [-0.39, 0.29) is 0 Å². The largest absolute Gasteiger partial charge is 0.456 e. The topological polar surface area (TPSA) is 16.4 Å². The van der Waals surface area contributed by atoms with Gasteiger partial charge in [0, 0.05) is 27.8 Å². The molecular weight excluding hydrogens is 679 g/mol. The van der Waals surface area contributed by atoms with Crippen molar-refractivity contribution in [1.29, 1.82) is 0 Å². The molecule has 0 bridgehead atoms. The number of hydrogen-bond acceptors (Lipinski definition) is 2. The maximum Gasteiger partial charge on any atom is 0.136 e. The number of hydrogen-bond donors (Lipinski definition) is 0. The lowest BCUT2D eigenvalue weighted by Crippen LogP contribution is -2.09. The molecule has 56 heavy (non-hydrogen) atoms. The number of furan rings is 1. The molecule has 0 unspecified atom stereocenters. The molecule has 0 aliphatic heterocycles. The molecular formula is C54H35NO. The zero-order chi connectivity index (χ0) is 37.0. The molecule has 11 rings (SSSR count). The van der Waals surface area contributed by atoms with Crippen LogP contribution in [0.5, 0.6) is 0 Å². The predicted molar refractivity (Wildman–Crippen MR) is 236 cm³/mol. The van der Waals surface area contributed by atoms with Crippen LogP contribution in [0.2, 0.25) is 0 Å². The van der Waals surface area contributed by atoms with Gasteiger partial charge in [-0.15, -0.1) is 0 Å². The van der Waals surface area contributed by atoms with Crippen LogP contribution in [0.1, 0.15) is 0 Å². The van der Waals surface area contributed by atoms with Gasteiger partial charge in [0.05, 0.1) is 0 Å². The molecule has 0 aliphatic carbocycles. The molecule has 0 atom stereocenters. The van der Waals surface area contributed by atoms with Crippen LogP contribution in [-0.4, -0.2) is 0 Å². The third-order valence-corrected chi connectivity index (χ3v) is 11.2. The standard InChI is InChI=1S/C54H35NO/c1-2-8-36(9-3-1)38-22-28-46(29-23-38)55(48-32-26-42(27-33-48)50-14-6-11-41-10-4-5-13-49(41)50)47-30-24-39(25-31-47)37-16-18-40(19-17-37)45-34-44-21-20-43-12-7-15-51-53(43)54(44)52(35-45)56-51/h1-35H. The van der Waals surface area contributed by atoms with Crippen LogP contribution in [-0.2, 0) is 0 Å². The van der Waals surface area contributed by atoms with Gasteiger partial charge in [-0.25, -0.2) is 0 Å². The molecule has 0 fully saturated rings. The monoisotopic (exact) mass is 713 g/mol. The summed E-state index contributed by atoms with van der Waals surface area (Å²) in [5, 5.41) is 7.36. The highest BCUT2D eigenvalue weighted by atomic mass is 16.3. The zero-order valence-electron chi connectivity index (χ0n) is 30.6. The van der Waals surface area contributed by atoms with Gasteiger partial charge in [0.15, 0.2) is 0 Å². The van der Waals surface area contributed by atoms with E-state index >= 15 is 0 Å². The Hall–Kier alpha value is -7.42. The average Bonchev–Trinajstić information content (AvgIpc) is 3.66. The van der Waals surface area contributed by atoms with Crippen molar-refractivity contribution >= 4 is 60.5 Å². The Kier molecular flexibility index (Phi) is 7.53. The third kappa shape index (κ3) is 5.51. The SMILES string of the molecule is c1ccc(-c2ccc(N(c3ccc(-c4ccc(-c5cc6ccc7cccc8oc(c5)c6c78)cc4)cc3)c3ccc(-c4cccc5ccccc45)cc3)cc2)cc1. The van der Waals surface area contributed by atoms with Crippen molar-refractivity contribution in [2.24, 2.45) is 0 Å². The molecule has 1 aromatic heterocycles. The molecule has 0 aliphatic rings. The normalized spacial score (nSPS) is 11.6. The van der Waals surface area contributed by atoms with Crippen molar-refractivity contribution in [2.45, 2.75) is 0 Å². The minimum Gasteiger partial charge on any atom is -0.456 e. The summed E-state index contributed by atoms with van der Waals surface area (Å²) in [6.07, 6.45) is 0. The first-order chi connectivity index (χ1) is 27.7. The Morgan fingerprint density at radius 1 is 0.286 bits per heavy atom. The Bertz CT molecular complexity index is 3140. The molecule has 0 amide bonds. The Labute approximate surface area is 325 Å². The van der Waals surface area contributed by atoms with Crippen LogP contribution in [0.15, 0.2) is 217 Å². The van der Waals surface area contributed by atoms with Crippen molar-refractivity contribution in [3.63, 3.8) is 0 Å². The van der Waals surface area contributed by atoms with E-state index in [0.717, 1.165) is 33.8 Å². The molecule has 0 saturated carbocycles. The Morgan fingerprint density at radius 2 is 0.768 bits per heavy atom. The van der Waals surface area contributed by atoms with Crippen LogP contribution in [0.3, 0.4) is 0 Å².